The monoisotopic (exact) mass is 359 g/mol. The fourth-order valence-electron chi connectivity index (χ4n) is 2.52. The molecule has 24 heavy (non-hydrogen) atoms. The van der Waals surface area contributed by atoms with E-state index < -0.39 is 33.5 Å². The topological polar surface area (TPSA) is 107 Å². The molecule has 1 heterocycles. The Balaban J connectivity index is 2.39. The lowest BCUT2D eigenvalue weighted by molar-refractivity contribution is 0.0691. The number of halogens is 1. The predicted octanol–water partition coefficient (Wildman–Crippen LogP) is 0.660. The van der Waals surface area contributed by atoms with Crippen molar-refractivity contribution in [2.45, 2.75) is 12.8 Å². The molecule has 0 spiro atoms. The first kappa shape index (κ1) is 18.1. The molecule has 0 radical (unpaired) electrons. The van der Waals surface area contributed by atoms with E-state index in [1.165, 1.54) is 19.0 Å². The Morgan fingerprint density at radius 3 is 2.25 bits per heavy atom. The number of nitrogens with zero attached hydrogens (tertiary/aromatic N) is 2. The molecule has 0 aliphatic carbocycles. The Morgan fingerprint density at radius 1 is 1.21 bits per heavy atom. The third kappa shape index (κ3) is 3.49. The number of hydrogen-bond donors (Lipinski definition) is 2. The highest BCUT2D eigenvalue weighted by Gasteiger charge is 2.30. The van der Waals surface area contributed by atoms with E-state index in [1.54, 1.807) is 0 Å². The molecule has 0 bridgehead atoms. The van der Waals surface area contributed by atoms with Gasteiger partial charge in [0.25, 0.3) is 5.91 Å². The Morgan fingerprint density at radius 2 is 1.75 bits per heavy atom. The minimum absolute atomic E-state index is 0.259. The van der Waals surface area contributed by atoms with Gasteiger partial charge in [-0.25, -0.2) is 13.9 Å². The summed E-state index contributed by atoms with van der Waals surface area (Å²) in [5.41, 5.74) is -1.15. The molecule has 10 heteroatoms. The summed E-state index contributed by atoms with van der Waals surface area (Å²) in [5.74, 6) is -3.59. The minimum atomic E-state index is -4.01. The number of amides is 1. The average molecular weight is 359 g/mol. The normalized spacial score (nSPS) is 15.3. The Labute approximate surface area is 139 Å². The van der Waals surface area contributed by atoms with Crippen LogP contribution in [0.4, 0.5) is 10.1 Å². The second-order valence-corrected chi connectivity index (χ2v) is 7.24. The molecule has 8 nitrogen and oxygen atoms in total. The number of carboxylic acid groups (broad SMARTS) is 1. The number of benzene rings is 1. The number of rotatable bonds is 5. The van der Waals surface area contributed by atoms with Crippen molar-refractivity contribution < 1.29 is 27.5 Å². The van der Waals surface area contributed by atoms with Gasteiger partial charge in [-0.1, -0.05) is 0 Å². The van der Waals surface area contributed by atoms with Crippen LogP contribution in [0.1, 0.15) is 33.6 Å². The van der Waals surface area contributed by atoms with Gasteiger partial charge < -0.3 is 10.0 Å². The zero-order valence-electron chi connectivity index (χ0n) is 13.2. The van der Waals surface area contributed by atoms with Crippen molar-refractivity contribution in [1.82, 2.24) is 9.03 Å². The third-order valence-corrected chi connectivity index (χ3v) is 5.15. The largest absolute Gasteiger partial charge is 0.478 e. The number of carbonyl (C=O) groups is 2. The standard InChI is InChI=1S/C14H18FN3O5S/c1-17(2)12-10(6-5-9(11(12)15)14(20)21)13(19)16-24(22,23)18-7-3-4-8-18/h5-6H,3-4,7-8H2,1-2H3,(H,16,19)(H,20,21). The maximum atomic E-state index is 14.4. The van der Waals surface area contributed by atoms with Crippen LogP contribution in [0.15, 0.2) is 12.1 Å². The van der Waals surface area contributed by atoms with Crippen LogP contribution in [0, 0.1) is 5.82 Å². The van der Waals surface area contributed by atoms with Crippen molar-refractivity contribution in [3.63, 3.8) is 0 Å². The summed E-state index contributed by atoms with van der Waals surface area (Å²) in [6.45, 7) is 0.630. The molecule has 132 valence electrons. The van der Waals surface area contributed by atoms with Crippen LogP contribution in [-0.4, -0.2) is 56.9 Å². The van der Waals surface area contributed by atoms with E-state index in [9.17, 15) is 22.4 Å². The summed E-state index contributed by atoms with van der Waals surface area (Å²) < 4.78 is 41.7. The van der Waals surface area contributed by atoms with Crippen LogP contribution in [0.25, 0.3) is 0 Å². The highest BCUT2D eigenvalue weighted by atomic mass is 32.2. The van der Waals surface area contributed by atoms with Crippen LogP contribution in [0.3, 0.4) is 0 Å². The molecular weight excluding hydrogens is 341 g/mol. The lowest BCUT2D eigenvalue weighted by Gasteiger charge is -2.20. The van der Waals surface area contributed by atoms with Gasteiger partial charge in [0.1, 0.15) is 0 Å². The van der Waals surface area contributed by atoms with E-state index in [2.05, 4.69) is 0 Å². The maximum absolute atomic E-state index is 14.4. The highest BCUT2D eigenvalue weighted by Crippen LogP contribution is 2.26. The third-order valence-electron chi connectivity index (χ3n) is 3.67. The van der Waals surface area contributed by atoms with Gasteiger partial charge in [-0.3, -0.25) is 4.79 Å². The molecule has 2 N–H and O–H groups in total. The number of anilines is 1. The van der Waals surface area contributed by atoms with E-state index in [1.807, 2.05) is 4.72 Å². The molecule has 1 aliphatic rings. The highest BCUT2D eigenvalue weighted by molar-refractivity contribution is 7.87. The van der Waals surface area contributed by atoms with Gasteiger partial charge in [-0.15, -0.1) is 0 Å². The SMILES string of the molecule is CN(C)c1c(C(=O)NS(=O)(=O)N2CCCC2)ccc(C(=O)O)c1F. The van der Waals surface area contributed by atoms with Crippen molar-refractivity contribution in [3.8, 4) is 0 Å². The van der Waals surface area contributed by atoms with Crippen molar-refractivity contribution in [2.24, 2.45) is 0 Å². The molecule has 0 aromatic heterocycles. The fraction of sp³-hybridized carbons (Fsp3) is 0.429. The first-order valence-electron chi connectivity index (χ1n) is 7.20. The number of nitrogens with one attached hydrogen (secondary N) is 1. The zero-order chi connectivity index (χ0) is 18.1. The predicted molar refractivity (Wildman–Crippen MR) is 84.9 cm³/mol. The van der Waals surface area contributed by atoms with Crippen molar-refractivity contribution in [2.75, 3.05) is 32.1 Å². The van der Waals surface area contributed by atoms with Crippen LogP contribution in [0.5, 0.6) is 0 Å². The van der Waals surface area contributed by atoms with Gasteiger partial charge in [0.05, 0.1) is 16.8 Å². The van der Waals surface area contributed by atoms with Crippen molar-refractivity contribution in [1.29, 1.82) is 0 Å². The van der Waals surface area contributed by atoms with Gasteiger partial charge in [-0.2, -0.15) is 12.7 Å². The lowest BCUT2D eigenvalue weighted by atomic mass is 10.1. The van der Waals surface area contributed by atoms with Crippen LogP contribution < -0.4 is 9.62 Å². The van der Waals surface area contributed by atoms with Crippen molar-refractivity contribution in [3.05, 3.63) is 29.1 Å². The first-order chi connectivity index (χ1) is 11.1. The summed E-state index contributed by atoms with van der Waals surface area (Å²) >= 11 is 0. The minimum Gasteiger partial charge on any atom is -0.478 e. The summed E-state index contributed by atoms with van der Waals surface area (Å²) in [4.78, 5) is 24.6. The molecule has 0 saturated carbocycles. The summed E-state index contributed by atoms with van der Waals surface area (Å²) in [5, 5.41) is 8.97. The molecule has 0 unspecified atom stereocenters. The average Bonchev–Trinajstić information content (AvgIpc) is 3.00. The first-order valence-corrected chi connectivity index (χ1v) is 8.64. The number of hydrogen-bond acceptors (Lipinski definition) is 5. The van der Waals surface area contributed by atoms with E-state index in [-0.39, 0.29) is 11.3 Å². The van der Waals surface area contributed by atoms with Gasteiger partial charge in [0, 0.05) is 27.2 Å². The molecule has 1 aromatic rings. The van der Waals surface area contributed by atoms with Gasteiger partial charge in [0.2, 0.25) is 0 Å². The van der Waals surface area contributed by atoms with E-state index in [0.29, 0.717) is 25.9 Å². The molecule has 2 rings (SSSR count). The number of aromatic carboxylic acids is 1. The smallest absolute Gasteiger partial charge is 0.338 e. The summed E-state index contributed by atoms with van der Waals surface area (Å²) in [6, 6.07) is 2.03. The molecule has 1 aliphatic heterocycles. The maximum Gasteiger partial charge on any atom is 0.338 e. The number of carboxylic acids is 1. The second-order valence-electron chi connectivity index (χ2n) is 5.57. The molecule has 1 amide bonds. The summed E-state index contributed by atoms with van der Waals surface area (Å²) in [7, 11) is -1.16. The zero-order valence-corrected chi connectivity index (χ0v) is 14.1. The number of carbonyl (C=O) groups excluding carboxylic acids is 1. The molecule has 0 atom stereocenters. The Hall–Kier alpha value is -2.20. The van der Waals surface area contributed by atoms with E-state index in [0.717, 1.165) is 16.4 Å². The molecule has 1 fully saturated rings. The van der Waals surface area contributed by atoms with Crippen molar-refractivity contribution >= 4 is 27.8 Å². The fourth-order valence-corrected chi connectivity index (χ4v) is 3.73. The van der Waals surface area contributed by atoms with Crippen LogP contribution in [0.2, 0.25) is 0 Å². The van der Waals surface area contributed by atoms with E-state index in [4.69, 9.17) is 5.11 Å². The molecule has 1 saturated heterocycles. The van der Waals surface area contributed by atoms with Gasteiger partial charge in [-0.05, 0) is 25.0 Å². The van der Waals surface area contributed by atoms with Crippen LogP contribution >= 0.6 is 0 Å². The Kier molecular flexibility index (Phi) is 5.09. The Bertz CT molecular complexity index is 773. The molecule has 1 aromatic carbocycles. The lowest BCUT2D eigenvalue weighted by Crippen LogP contribution is -2.42. The second kappa shape index (κ2) is 6.73. The van der Waals surface area contributed by atoms with E-state index >= 15 is 0 Å². The summed E-state index contributed by atoms with van der Waals surface area (Å²) in [6.07, 6.45) is 1.42. The van der Waals surface area contributed by atoms with Gasteiger partial charge in [0.15, 0.2) is 5.82 Å². The van der Waals surface area contributed by atoms with Gasteiger partial charge >= 0.3 is 16.2 Å². The molecular formula is C14H18FN3O5S. The van der Waals surface area contributed by atoms with Crippen LogP contribution in [-0.2, 0) is 10.2 Å². The quantitative estimate of drug-likeness (QED) is 0.800.